The van der Waals surface area contributed by atoms with Gasteiger partial charge in [-0.25, -0.2) is 4.79 Å². The summed E-state index contributed by atoms with van der Waals surface area (Å²) in [7, 11) is 0. The number of rotatable bonds is 5. The molecule has 0 aliphatic heterocycles. The second-order valence-electron chi connectivity index (χ2n) is 4.70. The van der Waals surface area contributed by atoms with Gasteiger partial charge in [-0.2, -0.15) is 0 Å². The molecule has 0 aromatic heterocycles. The van der Waals surface area contributed by atoms with Gasteiger partial charge in [0.2, 0.25) is 0 Å². The highest BCUT2D eigenvalue weighted by molar-refractivity contribution is 6.42. The van der Waals surface area contributed by atoms with Crippen molar-refractivity contribution < 1.29 is 9.90 Å². The van der Waals surface area contributed by atoms with Gasteiger partial charge >= 0.3 is 6.03 Å². The fraction of sp³-hybridized carbons (Fsp3) is 0.462. The molecule has 1 atom stereocenters. The number of halogens is 2. The van der Waals surface area contributed by atoms with E-state index < -0.39 is 0 Å². The number of anilines is 1. The van der Waals surface area contributed by atoms with Crippen molar-refractivity contribution in [3.05, 3.63) is 28.2 Å². The lowest BCUT2D eigenvalue weighted by atomic mass is 10.2. The number of hydrogen-bond donors (Lipinski definition) is 3. The van der Waals surface area contributed by atoms with Crippen LogP contribution in [0.2, 0.25) is 10.0 Å². The van der Waals surface area contributed by atoms with Crippen molar-refractivity contribution in [3.63, 3.8) is 0 Å². The van der Waals surface area contributed by atoms with E-state index in [0.29, 0.717) is 34.6 Å². The van der Waals surface area contributed by atoms with Gasteiger partial charge in [0, 0.05) is 12.2 Å². The molecule has 104 valence electrons. The first-order valence-corrected chi connectivity index (χ1v) is 7.00. The number of aliphatic hydroxyl groups excluding tert-OH is 1. The third-order valence-electron chi connectivity index (χ3n) is 3.07. The van der Waals surface area contributed by atoms with Gasteiger partial charge in [0.1, 0.15) is 0 Å². The Labute approximate surface area is 122 Å². The van der Waals surface area contributed by atoms with Gasteiger partial charge in [-0.15, -0.1) is 0 Å². The molecule has 0 bridgehead atoms. The Kier molecular flexibility index (Phi) is 4.91. The Bertz CT molecular complexity index is 464. The topological polar surface area (TPSA) is 61.4 Å². The highest BCUT2D eigenvalue weighted by atomic mass is 35.5. The van der Waals surface area contributed by atoms with E-state index in [0.717, 1.165) is 12.8 Å². The molecule has 1 saturated carbocycles. The molecule has 1 aromatic rings. The minimum absolute atomic E-state index is 0.301. The first-order valence-electron chi connectivity index (χ1n) is 6.24. The van der Waals surface area contributed by atoms with Crippen LogP contribution in [0.5, 0.6) is 0 Å². The fourth-order valence-electron chi connectivity index (χ4n) is 1.80. The Hall–Kier alpha value is -0.970. The van der Waals surface area contributed by atoms with E-state index in [9.17, 15) is 9.90 Å². The molecule has 1 unspecified atom stereocenters. The zero-order chi connectivity index (χ0) is 13.8. The molecule has 6 heteroatoms. The van der Waals surface area contributed by atoms with E-state index in [1.54, 1.807) is 18.2 Å². The van der Waals surface area contributed by atoms with Gasteiger partial charge in [0.15, 0.2) is 0 Å². The second-order valence-corrected chi connectivity index (χ2v) is 5.52. The van der Waals surface area contributed by atoms with Crippen LogP contribution in [0.15, 0.2) is 18.2 Å². The molecule has 1 aliphatic rings. The van der Waals surface area contributed by atoms with Crippen molar-refractivity contribution in [2.75, 3.05) is 11.9 Å². The van der Waals surface area contributed by atoms with Crippen molar-refractivity contribution in [1.82, 2.24) is 5.32 Å². The molecule has 2 amide bonds. The molecule has 1 aliphatic carbocycles. The summed E-state index contributed by atoms with van der Waals surface area (Å²) in [5.41, 5.74) is 0.578. The fourth-order valence-corrected chi connectivity index (χ4v) is 2.10. The van der Waals surface area contributed by atoms with E-state index in [1.165, 1.54) is 0 Å². The molecule has 1 aromatic carbocycles. The summed E-state index contributed by atoms with van der Waals surface area (Å²) in [5, 5.41) is 15.8. The van der Waals surface area contributed by atoms with Crippen LogP contribution >= 0.6 is 23.2 Å². The number of carbonyl (C=O) groups excluding carboxylic acids is 1. The number of urea groups is 1. The van der Waals surface area contributed by atoms with Gasteiger partial charge in [0.25, 0.3) is 0 Å². The third-order valence-corrected chi connectivity index (χ3v) is 3.81. The summed E-state index contributed by atoms with van der Waals surface area (Å²) < 4.78 is 0. The lowest BCUT2D eigenvalue weighted by Gasteiger charge is -2.11. The highest BCUT2D eigenvalue weighted by Crippen LogP contribution is 2.33. The standard InChI is InChI=1S/C13H16Cl2N2O2/c14-10-4-3-9(7-11(10)15)17-13(19)16-6-5-12(18)8-1-2-8/h3-4,7-8,12,18H,1-2,5-6H2,(H2,16,17,19). The van der Waals surface area contributed by atoms with Crippen molar-refractivity contribution in [1.29, 1.82) is 0 Å². The SMILES string of the molecule is O=C(NCCC(O)C1CC1)Nc1ccc(Cl)c(Cl)c1. The minimum atomic E-state index is -0.318. The van der Waals surface area contributed by atoms with Gasteiger partial charge in [-0.3, -0.25) is 0 Å². The molecule has 0 heterocycles. The van der Waals surface area contributed by atoms with E-state index in [-0.39, 0.29) is 12.1 Å². The predicted octanol–water partition coefficient (Wildman–Crippen LogP) is 3.28. The smallest absolute Gasteiger partial charge is 0.319 e. The molecule has 2 rings (SSSR count). The van der Waals surface area contributed by atoms with Crippen LogP contribution in [0, 0.1) is 5.92 Å². The maximum atomic E-state index is 11.6. The molecular weight excluding hydrogens is 287 g/mol. The lowest BCUT2D eigenvalue weighted by molar-refractivity contribution is 0.142. The maximum absolute atomic E-state index is 11.6. The monoisotopic (exact) mass is 302 g/mol. The molecule has 4 nitrogen and oxygen atoms in total. The van der Waals surface area contributed by atoms with Crippen molar-refractivity contribution in [3.8, 4) is 0 Å². The largest absolute Gasteiger partial charge is 0.393 e. The van der Waals surface area contributed by atoms with E-state index in [2.05, 4.69) is 10.6 Å². The Balaban J connectivity index is 1.72. The van der Waals surface area contributed by atoms with Gasteiger partial charge in [0.05, 0.1) is 16.1 Å². The summed E-state index contributed by atoms with van der Waals surface area (Å²) in [6, 6.07) is 4.56. The Morgan fingerprint density at radius 2 is 2.11 bits per heavy atom. The minimum Gasteiger partial charge on any atom is -0.393 e. The van der Waals surface area contributed by atoms with Crippen molar-refractivity contribution >= 4 is 34.9 Å². The van der Waals surface area contributed by atoms with Crippen LogP contribution in [0.4, 0.5) is 10.5 Å². The van der Waals surface area contributed by atoms with Crippen molar-refractivity contribution in [2.45, 2.75) is 25.4 Å². The van der Waals surface area contributed by atoms with Crippen LogP contribution < -0.4 is 10.6 Å². The molecule has 3 N–H and O–H groups in total. The summed E-state index contributed by atoms with van der Waals surface area (Å²) in [5.74, 6) is 0.430. The number of hydrogen-bond acceptors (Lipinski definition) is 2. The average molecular weight is 303 g/mol. The molecule has 0 spiro atoms. The number of nitrogens with one attached hydrogen (secondary N) is 2. The van der Waals surface area contributed by atoms with Crippen LogP contribution in [0.1, 0.15) is 19.3 Å². The third kappa shape index (κ3) is 4.56. The molecular formula is C13H16Cl2N2O2. The summed E-state index contributed by atoms with van der Waals surface area (Å²) >= 11 is 11.6. The molecule has 0 radical (unpaired) electrons. The summed E-state index contributed by atoms with van der Waals surface area (Å²) in [6.07, 6.45) is 2.47. The zero-order valence-corrected chi connectivity index (χ0v) is 11.8. The van der Waals surface area contributed by atoms with Crippen LogP contribution in [-0.2, 0) is 0 Å². The highest BCUT2D eigenvalue weighted by Gasteiger charge is 2.29. The van der Waals surface area contributed by atoms with E-state index in [1.807, 2.05) is 0 Å². The lowest BCUT2D eigenvalue weighted by Crippen LogP contribution is -2.31. The molecule has 1 fully saturated rings. The summed E-state index contributed by atoms with van der Waals surface area (Å²) in [6.45, 7) is 0.449. The summed E-state index contributed by atoms with van der Waals surface area (Å²) in [4.78, 5) is 11.6. The molecule has 0 saturated heterocycles. The van der Waals surface area contributed by atoms with Crippen molar-refractivity contribution in [2.24, 2.45) is 5.92 Å². The van der Waals surface area contributed by atoms with E-state index >= 15 is 0 Å². The van der Waals surface area contributed by atoms with Gasteiger partial charge in [-0.05, 0) is 43.4 Å². The first-order chi connectivity index (χ1) is 9.06. The van der Waals surface area contributed by atoms with Crippen LogP contribution in [-0.4, -0.2) is 23.8 Å². The van der Waals surface area contributed by atoms with Gasteiger partial charge < -0.3 is 15.7 Å². The average Bonchev–Trinajstić information content (AvgIpc) is 3.18. The first kappa shape index (κ1) is 14.4. The Morgan fingerprint density at radius 3 is 2.74 bits per heavy atom. The maximum Gasteiger partial charge on any atom is 0.319 e. The predicted molar refractivity (Wildman–Crippen MR) is 76.8 cm³/mol. The number of benzene rings is 1. The van der Waals surface area contributed by atoms with Crippen LogP contribution in [0.3, 0.4) is 0 Å². The number of amides is 2. The quantitative estimate of drug-likeness (QED) is 0.781. The zero-order valence-electron chi connectivity index (χ0n) is 10.3. The number of carbonyl (C=O) groups is 1. The van der Waals surface area contributed by atoms with Gasteiger partial charge in [-0.1, -0.05) is 23.2 Å². The van der Waals surface area contributed by atoms with E-state index in [4.69, 9.17) is 23.2 Å². The molecule has 19 heavy (non-hydrogen) atoms. The van der Waals surface area contributed by atoms with Crippen LogP contribution in [0.25, 0.3) is 0 Å². The normalized spacial score (nSPS) is 15.9. The second kappa shape index (κ2) is 6.46. The number of aliphatic hydroxyl groups is 1. The Morgan fingerprint density at radius 1 is 1.37 bits per heavy atom.